The van der Waals surface area contributed by atoms with Crippen LogP contribution in [0, 0.1) is 18.6 Å². The minimum atomic E-state index is -1.66. The number of hydrogen-bond donors (Lipinski definition) is 4. The molecule has 0 unspecified atom stereocenters. The molecule has 4 rings (SSSR count). The zero-order valence-electron chi connectivity index (χ0n) is 18.8. The molecule has 0 fully saturated rings. The number of rotatable bonds is 6. The molecular weight excluding hydrogens is 459 g/mol. The lowest BCUT2D eigenvalue weighted by molar-refractivity contribution is -0.112. The molecule has 0 bridgehead atoms. The first kappa shape index (κ1) is 24.3. The van der Waals surface area contributed by atoms with Gasteiger partial charge in [0.1, 0.15) is 0 Å². The van der Waals surface area contributed by atoms with E-state index < -0.39 is 36.4 Å². The first-order chi connectivity index (χ1) is 16.7. The van der Waals surface area contributed by atoms with Crippen molar-refractivity contribution in [3.05, 3.63) is 76.6 Å². The summed E-state index contributed by atoms with van der Waals surface area (Å²) in [6.07, 6.45) is 2.07. The van der Waals surface area contributed by atoms with Gasteiger partial charge in [0.25, 0.3) is 17.6 Å². The summed E-state index contributed by atoms with van der Waals surface area (Å²) in [6, 6.07) is 8.66. The second kappa shape index (κ2) is 9.81. The molecule has 4 N–H and O–H groups in total. The Morgan fingerprint density at radius 3 is 2.29 bits per heavy atom. The highest BCUT2D eigenvalue weighted by molar-refractivity contribution is 6.58. The molecule has 11 heteroatoms. The fourth-order valence-electron chi connectivity index (χ4n) is 4.27. The third-order valence-electron chi connectivity index (χ3n) is 5.95. The Kier molecular flexibility index (Phi) is 6.81. The van der Waals surface area contributed by atoms with E-state index in [1.54, 1.807) is 11.5 Å². The Morgan fingerprint density at radius 1 is 0.943 bits per heavy atom. The fraction of sp³-hybridized carbons (Fsp3) is 0.208. The van der Waals surface area contributed by atoms with Crippen molar-refractivity contribution in [2.75, 3.05) is 10.6 Å². The van der Waals surface area contributed by atoms with Crippen molar-refractivity contribution >= 4 is 41.6 Å². The maximum atomic E-state index is 13.6. The number of Topliss-reactive ketones (excluding diaryl/α,β-unsaturated/α-hetero) is 1. The van der Waals surface area contributed by atoms with Crippen molar-refractivity contribution in [3.8, 4) is 0 Å². The van der Waals surface area contributed by atoms with Gasteiger partial charge in [-0.15, -0.1) is 0 Å². The second-order valence-corrected chi connectivity index (χ2v) is 8.27. The number of aromatic nitrogens is 1. The van der Waals surface area contributed by atoms with Gasteiger partial charge in [-0.1, -0.05) is 12.1 Å². The molecule has 0 aliphatic carbocycles. The normalized spacial score (nSPS) is 12.6. The molecule has 1 aliphatic heterocycles. The minimum Gasteiger partial charge on any atom is -0.423 e. The highest BCUT2D eigenvalue weighted by Crippen LogP contribution is 2.30. The monoisotopic (exact) mass is 481 g/mol. The number of fused-ring (bicyclic) bond motifs is 1. The number of halogens is 2. The summed E-state index contributed by atoms with van der Waals surface area (Å²) in [5.74, 6) is -4.47. The third-order valence-corrected chi connectivity index (χ3v) is 5.95. The average molecular weight is 481 g/mol. The number of amides is 2. The molecule has 0 spiro atoms. The van der Waals surface area contributed by atoms with Crippen LogP contribution in [0.25, 0.3) is 0 Å². The van der Waals surface area contributed by atoms with E-state index in [4.69, 9.17) is 0 Å². The summed E-state index contributed by atoms with van der Waals surface area (Å²) in [6.45, 7) is 2.02. The Bertz CT molecular complexity index is 1320. The van der Waals surface area contributed by atoms with Gasteiger partial charge < -0.3 is 25.2 Å². The topological polar surface area (TPSA) is 121 Å². The third kappa shape index (κ3) is 4.86. The van der Waals surface area contributed by atoms with Gasteiger partial charge >= 0.3 is 7.12 Å². The van der Waals surface area contributed by atoms with E-state index in [-0.39, 0.29) is 28.1 Å². The van der Waals surface area contributed by atoms with E-state index in [1.165, 1.54) is 30.3 Å². The van der Waals surface area contributed by atoms with Crippen LogP contribution in [0.15, 0.2) is 42.5 Å². The Hall–Kier alpha value is -3.83. The van der Waals surface area contributed by atoms with Crippen molar-refractivity contribution in [2.45, 2.75) is 32.7 Å². The van der Waals surface area contributed by atoms with Crippen LogP contribution in [-0.2, 0) is 17.8 Å². The molecule has 2 heterocycles. The smallest absolute Gasteiger partial charge is 0.423 e. The minimum absolute atomic E-state index is 0.0612. The van der Waals surface area contributed by atoms with E-state index in [0.29, 0.717) is 24.2 Å². The number of nitrogens with one attached hydrogen (secondary N) is 2. The number of hydrogen-bond acceptors (Lipinski definition) is 5. The van der Waals surface area contributed by atoms with Crippen molar-refractivity contribution < 1.29 is 33.2 Å². The van der Waals surface area contributed by atoms with Gasteiger partial charge in [-0.2, -0.15) is 0 Å². The van der Waals surface area contributed by atoms with Crippen LogP contribution >= 0.6 is 0 Å². The zero-order valence-corrected chi connectivity index (χ0v) is 18.8. The lowest BCUT2D eigenvalue weighted by Gasteiger charge is -2.18. The SMILES string of the molecule is Cc1c(C(=O)Nc2ccc(F)c(F)c2)c2n(c1C(=O)C(=O)Nc1ccc(B(O)O)cc1)CCCC2. The van der Waals surface area contributed by atoms with Gasteiger partial charge in [0, 0.05) is 29.7 Å². The molecule has 180 valence electrons. The number of carbonyl (C=O) groups is 3. The van der Waals surface area contributed by atoms with Crippen LogP contribution in [0.5, 0.6) is 0 Å². The quantitative estimate of drug-likeness (QED) is 0.244. The molecule has 0 saturated heterocycles. The van der Waals surface area contributed by atoms with Gasteiger partial charge in [0.05, 0.1) is 11.3 Å². The lowest BCUT2D eigenvalue weighted by atomic mass is 9.80. The molecule has 0 saturated carbocycles. The Morgan fingerprint density at radius 2 is 1.63 bits per heavy atom. The average Bonchev–Trinajstić information content (AvgIpc) is 3.13. The molecule has 1 aliphatic rings. The van der Waals surface area contributed by atoms with Gasteiger partial charge in [0.2, 0.25) is 0 Å². The largest absolute Gasteiger partial charge is 0.488 e. The Labute approximate surface area is 199 Å². The van der Waals surface area contributed by atoms with Crippen LogP contribution in [-0.4, -0.2) is 39.3 Å². The van der Waals surface area contributed by atoms with Crippen LogP contribution in [0.2, 0.25) is 0 Å². The van der Waals surface area contributed by atoms with Crippen molar-refractivity contribution in [3.63, 3.8) is 0 Å². The molecule has 8 nitrogen and oxygen atoms in total. The number of benzene rings is 2. The first-order valence-corrected chi connectivity index (χ1v) is 11.0. The van der Waals surface area contributed by atoms with Crippen LogP contribution in [0.3, 0.4) is 0 Å². The second-order valence-electron chi connectivity index (χ2n) is 8.27. The molecule has 0 atom stereocenters. The number of anilines is 2. The summed E-state index contributed by atoms with van der Waals surface area (Å²) >= 11 is 0. The summed E-state index contributed by atoms with van der Waals surface area (Å²) in [7, 11) is -1.66. The fourth-order valence-corrected chi connectivity index (χ4v) is 4.27. The zero-order chi connectivity index (χ0) is 25.3. The van der Waals surface area contributed by atoms with Crippen LogP contribution < -0.4 is 16.1 Å². The summed E-state index contributed by atoms with van der Waals surface area (Å²) in [5.41, 5.74) is 1.81. The van der Waals surface area contributed by atoms with E-state index in [0.717, 1.165) is 25.0 Å². The molecule has 3 aromatic rings. The van der Waals surface area contributed by atoms with Crippen molar-refractivity contribution in [2.24, 2.45) is 0 Å². The summed E-state index contributed by atoms with van der Waals surface area (Å²) in [5, 5.41) is 23.4. The lowest BCUT2D eigenvalue weighted by Crippen LogP contribution is -2.30. The molecule has 2 aromatic carbocycles. The highest BCUT2D eigenvalue weighted by atomic mass is 19.2. The standard InChI is InChI=1S/C24H22BF2N3O5/c1-13-20(23(32)29-16-9-10-17(26)18(27)12-16)19-4-2-3-11-30(19)21(13)22(31)24(33)28-15-7-5-14(6-8-15)25(34)35/h5-10,12,34-35H,2-4,11H2,1H3,(H,28,33)(H,29,32). The predicted molar refractivity (Wildman–Crippen MR) is 126 cm³/mol. The first-order valence-electron chi connectivity index (χ1n) is 11.0. The molecule has 0 radical (unpaired) electrons. The predicted octanol–water partition coefficient (Wildman–Crippen LogP) is 2.16. The van der Waals surface area contributed by atoms with Gasteiger partial charge in [0.15, 0.2) is 11.6 Å². The molecule has 2 amide bonds. The van der Waals surface area contributed by atoms with Crippen molar-refractivity contribution in [1.29, 1.82) is 0 Å². The Balaban J connectivity index is 1.62. The molecule has 35 heavy (non-hydrogen) atoms. The number of ketones is 1. The van der Waals surface area contributed by atoms with E-state index in [2.05, 4.69) is 10.6 Å². The summed E-state index contributed by atoms with van der Waals surface area (Å²) < 4.78 is 28.5. The van der Waals surface area contributed by atoms with Crippen LogP contribution in [0.1, 0.15) is 44.9 Å². The van der Waals surface area contributed by atoms with Gasteiger partial charge in [-0.05, 0) is 61.5 Å². The van der Waals surface area contributed by atoms with E-state index >= 15 is 0 Å². The maximum Gasteiger partial charge on any atom is 0.488 e. The number of nitrogens with zero attached hydrogens (tertiary/aromatic N) is 1. The van der Waals surface area contributed by atoms with Crippen LogP contribution in [0.4, 0.5) is 20.2 Å². The van der Waals surface area contributed by atoms with Crippen molar-refractivity contribution in [1.82, 2.24) is 4.57 Å². The number of carbonyl (C=O) groups excluding carboxylic acids is 3. The summed E-state index contributed by atoms with van der Waals surface area (Å²) in [4.78, 5) is 39.0. The molecular formula is C24H22BF2N3O5. The maximum absolute atomic E-state index is 13.6. The van der Waals surface area contributed by atoms with E-state index in [1.807, 2.05) is 0 Å². The van der Waals surface area contributed by atoms with Gasteiger partial charge in [-0.3, -0.25) is 14.4 Å². The van der Waals surface area contributed by atoms with Gasteiger partial charge in [-0.25, -0.2) is 8.78 Å². The molecule has 1 aromatic heterocycles. The highest BCUT2D eigenvalue weighted by Gasteiger charge is 2.32. The van der Waals surface area contributed by atoms with E-state index in [9.17, 15) is 33.2 Å².